The quantitative estimate of drug-likeness (QED) is 0.615. The van der Waals surface area contributed by atoms with Gasteiger partial charge in [-0.25, -0.2) is 14.6 Å². The van der Waals surface area contributed by atoms with Gasteiger partial charge in [0, 0.05) is 42.8 Å². The minimum atomic E-state index is -1.08. The van der Waals surface area contributed by atoms with Crippen molar-refractivity contribution < 1.29 is 24.2 Å². The lowest BCUT2D eigenvalue weighted by Crippen LogP contribution is -2.49. The summed E-state index contributed by atoms with van der Waals surface area (Å²) in [6, 6.07) is 15.3. The Morgan fingerprint density at radius 1 is 1.03 bits per heavy atom. The van der Waals surface area contributed by atoms with E-state index in [0.29, 0.717) is 60.8 Å². The number of carbonyl (C=O) groups is 3. The van der Waals surface area contributed by atoms with Gasteiger partial charge in [0.05, 0.1) is 17.7 Å². The molecule has 2 aromatic carbocycles. The van der Waals surface area contributed by atoms with E-state index >= 15 is 0 Å². The van der Waals surface area contributed by atoms with Crippen molar-refractivity contribution in [3.05, 3.63) is 65.7 Å². The number of aromatic nitrogens is 1. The second-order valence-electron chi connectivity index (χ2n) is 7.56. The SMILES string of the molecule is CCOC(=O)N1CCN(c2cc(C(=O)O)c3cc(NC(=O)c4ccccc4)ccc3n2)CC1. The minimum Gasteiger partial charge on any atom is -0.478 e. The Kier molecular flexibility index (Phi) is 6.39. The van der Waals surface area contributed by atoms with Gasteiger partial charge >= 0.3 is 12.1 Å². The van der Waals surface area contributed by atoms with Crippen LogP contribution in [-0.4, -0.2) is 65.7 Å². The van der Waals surface area contributed by atoms with Crippen LogP contribution in [0, 0.1) is 0 Å². The Balaban J connectivity index is 1.57. The fraction of sp³-hybridized carbons (Fsp3) is 0.250. The Morgan fingerprint density at radius 2 is 1.76 bits per heavy atom. The van der Waals surface area contributed by atoms with Gasteiger partial charge < -0.3 is 25.0 Å². The van der Waals surface area contributed by atoms with Crippen molar-refractivity contribution in [3.8, 4) is 0 Å². The monoisotopic (exact) mass is 448 g/mol. The van der Waals surface area contributed by atoms with E-state index in [-0.39, 0.29) is 17.6 Å². The van der Waals surface area contributed by atoms with Crippen LogP contribution in [0.25, 0.3) is 10.9 Å². The van der Waals surface area contributed by atoms with Crippen LogP contribution in [0.4, 0.5) is 16.3 Å². The van der Waals surface area contributed by atoms with E-state index in [1.54, 1.807) is 54.3 Å². The summed E-state index contributed by atoms with van der Waals surface area (Å²) in [5, 5.41) is 13.1. The number of anilines is 2. The molecular formula is C24H24N4O5. The maximum absolute atomic E-state index is 12.5. The summed E-state index contributed by atoms with van der Waals surface area (Å²) in [6.07, 6.45) is -0.347. The highest BCUT2D eigenvalue weighted by Gasteiger charge is 2.24. The third-order valence-electron chi connectivity index (χ3n) is 5.45. The first kappa shape index (κ1) is 22.1. The topological polar surface area (TPSA) is 112 Å². The van der Waals surface area contributed by atoms with Gasteiger partial charge in [-0.2, -0.15) is 0 Å². The molecule has 2 amide bonds. The molecule has 9 heteroatoms. The lowest BCUT2D eigenvalue weighted by molar-refractivity contribution is 0.0698. The summed E-state index contributed by atoms with van der Waals surface area (Å²) >= 11 is 0. The number of aromatic carboxylic acids is 1. The average Bonchev–Trinajstić information content (AvgIpc) is 2.84. The van der Waals surface area contributed by atoms with E-state index < -0.39 is 5.97 Å². The molecule has 0 unspecified atom stereocenters. The van der Waals surface area contributed by atoms with Gasteiger partial charge in [-0.3, -0.25) is 4.79 Å². The summed E-state index contributed by atoms with van der Waals surface area (Å²) in [6.45, 7) is 4.04. The molecule has 1 aromatic heterocycles. The maximum Gasteiger partial charge on any atom is 0.409 e. The minimum absolute atomic E-state index is 0.0960. The molecule has 0 aliphatic carbocycles. The van der Waals surface area contributed by atoms with Crippen LogP contribution in [-0.2, 0) is 4.74 Å². The lowest BCUT2D eigenvalue weighted by Gasteiger charge is -2.35. The van der Waals surface area contributed by atoms with Gasteiger partial charge in [0.1, 0.15) is 5.82 Å². The maximum atomic E-state index is 12.5. The summed E-state index contributed by atoms with van der Waals surface area (Å²) < 4.78 is 5.04. The third kappa shape index (κ3) is 4.87. The first-order valence-electron chi connectivity index (χ1n) is 10.7. The summed E-state index contributed by atoms with van der Waals surface area (Å²) in [7, 11) is 0. The normalized spacial score (nSPS) is 13.6. The van der Waals surface area contributed by atoms with Crippen molar-refractivity contribution in [2.24, 2.45) is 0 Å². The molecule has 4 rings (SSSR count). The second-order valence-corrected chi connectivity index (χ2v) is 7.56. The van der Waals surface area contributed by atoms with Crippen molar-refractivity contribution in [2.45, 2.75) is 6.92 Å². The molecule has 2 heterocycles. The Morgan fingerprint density at radius 3 is 2.42 bits per heavy atom. The number of nitrogens with one attached hydrogen (secondary N) is 1. The lowest BCUT2D eigenvalue weighted by atomic mass is 10.1. The number of hydrogen-bond acceptors (Lipinski definition) is 6. The van der Waals surface area contributed by atoms with Crippen LogP contribution in [0.1, 0.15) is 27.6 Å². The molecule has 0 atom stereocenters. The smallest absolute Gasteiger partial charge is 0.409 e. The molecule has 1 aliphatic rings. The fourth-order valence-corrected chi connectivity index (χ4v) is 3.75. The van der Waals surface area contributed by atoms with Crippen molar-refractivity contribution in [2.75, 3.05) is 43.0 Å². The van der Waals surface area contributed by atoms with Crippen molar-refractivity contribution >= 4 is 40.4 Å². The van der Waals surface area contributed by atoms with Gasteiger partial charge in [-0.15, -0.1) is 0 Å². The molecule has 33 heavy (non-hydrogen) atoms. The largest absolute Gasteiger partial charge is 0.478 e. The van der Waals surface area contributed by atoms with E-state index in [9.17, 15) is 19.5 Å². The van der Waals surface area contributed by atoms with E-state index in [0.717, 1.165) is 0 Å². The summed E-state index contributed by atoms with van der Waals surface area (Å²) in [4.78, 5) is 44.6. The van der Waals surface area contributed by atoms with Crippen LogP contribution in [0.2, 0.25) is 0 Å². The molecule has 1 fully saturated rings. The van der Waals surface area contributed by atoms with Gasteiger partial charge in [0.15, 0.2) is 0 Å². The number of ether oxygens (including phenoxy) is 1. The number of rotatable bonds is 5. The van der Waals surface area contributed by atoms with Crippen molar-refractivity contribution in [1.29, 1.82) is 0 Å². The predicted molar refractivity (Wildman–Crippen MR) is 124 cm³/mol. The Bertz CT molecular complexity index is 1190. The zero-order valence-electron chi connectivity index (χ0n) is 18.2. The number of carboxylic acid groups (broad SMARTS) is 1. The number of piperazine rings is 1. The van der Waals surface area contributed by atoms with Gasteiger partial charge in [-0.1, -0.05) is 18.2 Å². The van der Waals surface area contributed by atoms with Crippen LogP contribution in [0.15, 0.2) is 54.6 Å². The zero-order chi connectivity index (χ0) is 23.4. The standard InChI is InChI=1S/C24H24N4O5/c1-2-33-24(32)28-12-10-27(11-13-28)21-15-19(23(30)31)18-14-17(8-9-20(18)26-21)25-22(29)16-6-4-3-5-7-16/h3-9,14-15H,2,10-13H2,1H3,(H,25,29)(H,30,31). The molecule has 1 saturated heterocycles. The fourth-order valence-electron chi connectivity index (χ4n) is 3.75. The molecule has 2 N–H and O–H groups in total. The van der Waals surface area contributed by atoms with Crippen LogP contribution >= 0.6 is 0 Å². The first-order valence-corrected chi connectivity index (χ1v) is 10.7. The zero-order valence-corrected chi connectivity index (χ0v) is 18.2. The van der Waals surface area contributed by atoms with Crippen LogP contribution in [0.3, 0.4) is 0 Å². The number of pyridine rings is 1. The highest BCUT2D eigenvalue weighted by molar-refractivity contribution is 6.08. The molecule has 9 nitrogen and oxygen atoms in total. The molecule has 0 radical (unpaired) electrons. The molecule has 0 saturated carbocycles. The van der Waals surface area contributed by atoms with E-state index in [1.165, 1.54) is 6.07 Å². The number of amides is 2. The highest BCUT2D eigenvalue weighted by atomic mass is 16.6. The van der Waals surface area contributed by atoms with Gasteiger partial charge in [0.2, 0.25) is 0 Å². The van der Waals surface area contributed by atoms with Crippen molar-refractivity contribution in [3.63, 3.8) is 0 Å². The molecule has 3 aromatic rings. The van der Waals surface area contributed by atoms with Crippen molar-refractivity contribution in [1.82, 2.24) is 9.88 Å². The van der Waals surface area contributed by atoms with E-state index in [2.05, 4.69) is 10.3 Å². The third-order valence-corrected chi connectivity index (χ3v) is 5.45. The average molecular weight is 448 g/mol. The molecule has 1 aliphatic heterocycles. The summed E-state index contributed by atoms with van der Waals surface area (Å²) in [5.41, 5.74) is 1.59. The molecule has 0 spiro atoms. The van der Waals surface area contributed by atoms with Gasteiger partial charge in [0.25, 0.3) is 5.91 Å². The molecular weight excluding hydrogens is 424 g/mol. The Hall–Kier alpha value is -4.14. The predicted octanol–water partition coefficient (Wildman–Crippen LogP) is 3.46. The highest BCUT2D eigenvalue weighted by Crippen LogP contribution is 2.27. The number of benzene rings is 2. The molecule has 0 bridgehead atoms. The molecule has 170 valence electrons. The number of fused-ring (bicyclic) bond motifs is 1. The number of nitrogens with zero attached hydrogens (tertiary/aromatic N) is 3. The Labute approximate surface area is 190 Å². The number of hydrogen-bond donors (Lipinski definition) is 2. The van der Waals surface area contributed by atoms with Gasteiger partial charge in [-0.05, 0) is 43.3 Å². The number of carbonyl (C=O) groups excluding carboxylic acids is 2. The van der Waals surface area contributed by atoms with Crippen LogP contribution < -0.4 is 10.2 Å². The van der Waals surface area contributed by atoms with E-state index in [4.69, 9.17) is 4.74 Å². The van der Waals surface area contributed by atoms with E-state index in [1.807, 2.05) is 11.0 Å². The first-order chi connectivity index (χ1) is 16.0. The van der Waals surface area contributed by atoms with Crippen LogP contribution in [0.5, 0.6) is 0 Å². The number of carboxylic acids is 1. The summed E-state index contributed by atoms with van der Waals surface area (Å²) in [5.74, 6) is -0.833. The second kappa shape index (κ2) is 9.56.